The number of likely N-dealkylation sites (N-methyl/N-ethyl adjacent to an activating group) is 1. The third-order valence-electron chi connectivity index (χ3n) is 3.32. The van der Waals surface area contributed by atoms with Gasteiger partial charge in [-0.2, -0.15) is 0 Å². The number of carbonyl (C=O) groups is 1. The molecule has 0 bridgehead atoms. The van der Waals surface area contributed by atoms with Crippen molar-refractivity contribution in [1.29, 1.82) is 0 Å². The Balaban J connectivity index is 2.43. The van der Waals surface area contributed by atoms with Crippen molar-refractivity contribution in [3.8, 4) is 0 Å². The Morgan fingerprint density at radius 3 is 2.74 bits per heavy atom. The Morgan fingerprint density at radius 1 is 1.37 bits per heavy atom. The summed E-state index contributed by atoms with van der Waals surface area (Å²) in [6.07, 6.45) is 1.31. The predicted octanol–water partition coefficient (Wildman–Crippen LogP) is -0.352. The van der Waals surface area contributed by atoms with Gasteiger partial charge in [0.25, 0.3) is 0 Å². The van der Waals surface area contributed by atoms with Crippen molar-refractivity contribution in [3.63, 3.8) is 0 Å². The molecule has 0 spiro atoms. The number of nitrogens with one attached hydrogen (secondary N) is 1. The highest BCUT2D eigenvalue weighted by atomic mass is 32.2. The van der Waals surface area contributed by atoms with Crippen LogP contribution < -0.4 is 5.32 Å². The lowest BCUT2D eigenvalue weighted by molar-refractivity contribution is -0.143. The van der Waals surface area contributed by atoms with Gasteiger partial charge in [0.1, 0.15) is 6.04 Å². The van der Waals surface area contributed by atoms with E-state index in [2.05, 4.69) is 10.2 Å². The molecule has 0 amide bonds. The third-order valence-corrected chi connectivity index (χ3v) is 5.03. The number of esters is 1. The summed E-state index contributed by atoms with van der Waals surface area (Å²) in [4.78, 5) is 13.7. The van der Waals surface area contributed by atoms with Crippen LogP contribution >= 0.6 is 0 Å². The van der Waals surface area contributed by atoms with Crippen molar-refractivity contribution >= 4 is 15.8 Å². The second-order valence-corrected chi connectivity index (χ2v) is 7.07. The maximum Gasteiger partial charge on any atom is 0.322 e. The molecule has 0 aromatic heterocycles. The van der Waals surface area contributed by atoms with Crippen LogP contribution in [0.15, 0.2) is 0 Å². The van der Waals surface area contributed by atoms with E-state index in [0.29, 0.717) is 32.5 Å². The highest BCUT2D eigenvalue weighted by Crippen LogP contribution is 2.07. The summed E-state index contributed by atoms with van der Waals surface area (Å²) < 4.78 is 27.7. The van der Waals surface area contributed by atoms with E-state index in [-0.39, 0.29) is 23.5 Å². The molecular formula is C12H24N2O4S. The van der Waals surface area contributed by atoms with Crippen LogP contribution in [0.1, 0.15) is 19.8 Å². The van der Waals surface area contributed by atoms with E-state index >= 15 is 0 Å². The molecule has 19 heavy (non-hydrogen) atoms. The number of methoxy groups -OCH3 is 1. The molecule has 0 aliphatic carbocycles. The molecule has 1 aliphatic rings. The summed E-state index contributed by atoms with van der Waals surface area (Å²) in [6, 6.07) is -0.310. The first kappa shape index (κ1) is 16.4. The summed E-state index contributed by atoms with van der Waals surface area (Å²) in [5.74, 6) is 0.234. The zero-order valence-electron chi connectivity index (χ0n) is 11.7. The summed E-state index contributed by atoms with van der Waals surface area (Å²) in [5.41, 5.74) is 0. The summed E-state index contributed by atoms with van der Waals surface area (Å²) in [5, 5.41) is 3.09. The minimum atomic E-state index is -2.87. The fourth-order valence-electron chi connectivity index (χ4n) is 2.22. The average molecular weight is 292 g/mol. The largest absolute Gasteiger partial charge is 0.468 e. The molecule has 6 nitrogen and oxygen atoms in total. The topological polar surface area (TPSA) is 75.7 Å². The smallest absolute Gasteiger partial charge is 0.322 e. The minimum absolute atomic E-state index is 0.219. The van der Waals surface area contributed by atoms with Gasteiger partial charge < -0.3 is 15.0 Å². The van der Waals surface area contributed by atoms with Crippen molar-refractivity contribution in [2.45, 2.75) is 25.8 Å². The highest BCUT2D eigenvalue weighted by molar-refractivity contribution is 7.91. The van der Waals surface area contributed by atoms with Crippen molar-refractivity contribution in [2.24, 2.45) is 0 Å². The van der Waals surface area contributed by atoms with Crippen LogP contribution in [0, 0.1) is 0 Å². The SMILES string of the molecule is CCNC(CCN1CCCS(=O)(=O)CC1)C(=O)OC. The molecule has 0 aromatic rings. The zero-order chi connectivity index (χ0) is 14.3. The van der Waals surface area contributed by atoms with Crippen molar-refractivity contribution in [3.05, 3.63) is 0 Å². The lowest BCUT2D eigenvalue weighted by atomic mass is 10.2. The van der Waals surface area contributed by atoms with Gasteiger partial charge in [-0.05, 0) is 25.9 Å². The lowest BCUT2D eigenvalue weighted by Crippen LogP contribution is -2.41. The van der Waals surface area contributed by atoms with Crippen LogP contribution in [0.4, 0.5) is 0 Å². The van der Waals surface area contributed by atoms with E-state index in [9.17, 15) is 13.2 Å². The molecule has 1 unspecified atom stereocenters. The molecule has 0 radical (unpaired) electrons. The summed E-state index contributed by atoms with van der Waals surface area (Å²) >= 11 is 0. The van der Waals surface area contributed by atoms with Gasteiger partial charge in [-0.15, -0.1) is 0 Å². The second-order valence-electron chi connectivity index (χ2n) is 4.77. The number of hydrogen-bond acceptors (Lipinski definition) is 6. The first-order valence-electron chi connectivity index (χ1n) is 6.72. The van der Waals surface area contributed by atoms with Crippen LogP contribution in [-0.2, 0) is 19.4 Å². The molecule has 1 N–H and O–H groups in total. The third kappa shape index (κ3) is 5.88. The first-order chi connectivity index (χ1) is 8.98. The van der Waals surface area contributed by atoms with E-state index in [0.717, 1.165) is 6.54 Å². The maximum atomic E-state index is 11.5. The number of hydrogen-bond donors (Lipinski definition) is 1. The quantitative estimate of drug-likeness (QED) is 0.674. The van der Waals surface area contributed by atoms with Gasteiger partial charge in [-0.3, -0.25) is 4.79 Å². The monoisotopic (exact) mass is 292 g/mol. The van der Waals surface area contributed by atoms with E-state index in [1.807, 2.05) is 6.92 Å². The summed E-state index contributed by atoms with van der Waals surface area (Å²) in [7, 11) is -1.49. The first-order valence-corrected chi connectivity index (χ1v) is 8.54. The van der Waals surface area contributed by atoms with Gasteiger partial charge in [0.05, 0.1) is 18.6 Å². The normalized spacial score (nSPS) is 21.6. The molecule has 112 valence electrons. The molecular weight excluding hydrogens is 268 g/mol. The number of nitrogens with zero attached hydrogens (tertiary/aromatic N) is 1. The van der Waals surface area contributed by atoms with E-state index < -0.39 is 9.84 Å². The highest BCUT2D eigenvalue weighted by Gasteiger charge is 2.22. The number of carbonyl (C=O) groups excluding carboxylic acids is 1. The summed E-state index contributed by atoms with van der Waals surface area (Å²) in [6.45, 7) is 4.69. The molecule has 1 saturated heterocycles. The molecule has 1 fully saturated rings. The van der Waals surface area contributed by atoms with Crippen LogP contribution in [0.3, 0.4) is 0 Å². The van der Waals surface area contributed by atoms with E-state index in [1.165, 1.54) is 7.11 Å². The second kappa shape index (κ2) is 7.81. The van der Waals surface area contributed by atoms with Gasteiger partial charge in [-0.25, -0.2) is 8.42 Å². The molecule has 1 rings (SSSR count). The Bertz CT molecular complexity index is 383. The predicted molar refractivity (Wildman–Crippen MR) is 73.8 cm³/mol. The van der Waals surface area contributed by atoms with Crippen LogP contribution in [0.25, 0.3) is 0 Å². The van der Waals surface area contributed by atoms with Crippen molar-refractivity contribution in [2.75, 3.05) is 44.8 Å². The Kier molecular flexibility index (Phi) is 6.74. The van der Waals surface area contributed by atoms with Crippen LogP contribution in [0.5, 0.6) is 0 Å². The van der Waals surface area contributed by atoms with E-state index in [4.69, 9.17) is 4.74 Å². The van der Waals surface area contributed by atoms with Gasteiger partial charge >= 0.3 is 5.97 Å². The number of rotatable bonds is 6. The fraction of sp³-hybridized carbons (Fsp3) is 0.917. The van der Waals surface area contributed by atoms with Gasteiger partial charge in [0, 0.05) is 13.1 Å². The van der Waals surface area contributed by atoms with Crippen molar-refractivity contribution < 1.29 is 17.9 Å². The Morgan fingerprint density at radius 2 is 2.11 bits per heavy atom. The van der Waals surface area contributed by atoms with E-state index in [1.54, 1.807) is 0 Å². The fourth-order valence-corrected chi connectivity index (χ4v) is 3.53. The van der Waals surface area contributed by atoms with Gasteiger partial charge in [0.15, 0.2) is 9.84 Å². The molecule has 0 saturated carbocycles. The number of sulfone groups is 1. The molecule has 1 atom stereocenters. The Hall–Kier alpha value is -0.660. The lowest BCUT2D eigenvalue weighted by Gasteiger charge is -2.22. The minimum Gasteiger partial charge on any atom is -0.468 e. The maximum absolute atomic E-state index is 11.5. The number of ether oxygens (including phenoxy) is 1. The molecule has 1 heterocycles. The van der Waals surface area contributed by atoms with Gasteiger partial charge in [-0.1, -0.05) is 6.92 Å². The molecule has 1 aliphatic heterocycles. The van der Waals surface area contributed by atoms with Crippen LogP contribution in [0.2, 0.25) is 0 Å². The standard InChI is InChI=1S/C12H24N2O4S/c1-3-13-11(12(15)18-2)5-7-14-6-4-9-19(16,17)10-8-14/h11,13H,3-10H2,1-2H3. The van der Waals surface area contributed by atoms with Crippen molar-refractivity contribution in [1.82, 2.24) is 10.2 Å². The van der Waals surface area contributed by atoms with Crippen LogP contribution in [-0.4, -0.2) is 70.1 Å². The van der Waals surface area contributed by atoms with Gasteiger partial charge in [0.2, 0.25) is 0 Å². The average Bonchev–Trinajstić information content (AvgIpc) is 2.55. The zero-order valence-corrected chi connectivity index (χ0v) is 12.5. The Labute approximate surface area is 115 Å². The molecule has 0 aromatic carbocycles. The molecule has 7 heteroatoms.